The van der Waals surface area contributed by atoms with Gasteiger partial charge in [0.2, 0.25) is 0 Å². The fraction of sp³-hybridized carbons (Fsp3) is 0.167. The molecule has 0 saturated carbocycles. The van der Waals surface area contributed by atoms with Gasteiger partial charge in [0.05, 0.1) is 45.4 Å². The molecule has 17 heteroatoms. The summed E-state index contributed by atoms with van der Waals surface area (Å²) in [7, 11) is 6.50. The number of methoxy groups -OCH3 is 4. The number of hydrogen-bond donors (Lipinski definition) is 3. The van der Waals surface area contributed by atoms with E-state index >= 15 is 0 Å². The summed E-state index contributed by atoms with van der Waals surface area (Å²) >= 11 is 0. The maximum atomic E-state index is 13.0. The fourth-order valence-electron chi connectivity index (χ4n) is 6.62. The topological polar surface area (TPSA) is 217 Å². The highest BCUT2D eigenvalue weighted by Crippen LogP contribution is 2.33. The van der Waals surface area contributed by atoms with E-state index in [1.165, 1.54) is 33.6 Å². The Morgan fingerprint density at radius 1 is 0.585 bits per heavy atom. The van der Waals surface area contributed by atoms with Crippen LogP contribution in [0.1, 0.15) is 31.8 Å². The highest BCUT2D eigenvalue weighted by molar-refractivity contribution is 5.96. The van der Waals surface area contributed by atoms with Crippen molar-refractivity contribution >= 4 is 11.9 Å². The Morgan fingerprint density at radius 2 is 1.08 bits per heavy atom. The number of carboxylic acid groups (broad SMARTS) is 1. The number of hydrogen-bond acceptors (Lipinski definition) is 13. The third-order valence-electron chi connectivity index (χ3n) is 9.81. The molecule has 2 heterocycles. The highest BCUT2D eigenvalue weighted by Gasteiger charge is 2.15. The van der Waals surface area contributed by atoms with Gasteiger partial charge in [0.25, 0.3) is 5.91 Å². The van der Waals surface area contributed by atoms with Gasteiger partial charge in [-0.2, -0.15) is 0 Å². The predicted molar refractivity (Wildman–Crippen MR) is 244 cm³/mol. The smallest absolute Gasteiger partial charge is 0.335 e. The van der Waals surface area contributed by atoms with Gasteiger partial charge in [-0.3, -0.25) is 4.79 Å². The monoisotopic (exact) mass is 876 g/mol. The molecule has 0 aliphatic rings. The zero-order chi connectivity index (χ0) is 46.0. The summed E-state index contributed by atoms with van der Waals surface area (Å²) in [6.07, 6.45) is 4.50. The zero-order valence-corrected chi connectivity index (χ0v) is 36.2. The Kier molecular flexibility index (Phi) is 16.4. The van der Waals surface area contributed by atoms with E-state index in [1.807, 2.05) is 103 Å². The van der Waals surface area contributed by atoms with Crippen molar-refractivity contribution in [3.8, 4) is 56.6 Å². The Balaban J connectivity index is 0.000000182. The number of aromatic carboxylic acids is 1. The second-order valence-electron chi connectivity index (χ2n) is 14.0. The lowest BCUT2D eigenvalue weighted by Gasteiger charge is -2.13. The van der Waals surface area contributed by atoms with E-state index in [4.69, 9.17) is 24.7 Å². The molecule has 0 radical (unpaired) electrons. The van der Waals surface area contributed by atoms with Crippen LogP contribution in [0.5, 0.6) is 23.0 Å². The molecule has 0 atom stereocenters. The number of carboxylic acids is 1. The van der Waals surface area contributed by atoms with E-state index in [1.54, 1.807) is 46.6 Å². The second-order valence-corrected chi connectivity index (χ2v) is 14.0. The van der Waals surface area contributed by atoms with Gasteiger partial charge in [-0.05, 0) is 135 Å². The van der Waals surface area contributed by atoms with Crippen LogP contribution < -0.4 is 30.0 Å². The van der Waals surface area contributed by atoms with Crippen LogP contribution in [0.3, 0.4) is 0 Å². The molecule has 0 spiro atoms. The number of carbonyl (C=O) groups is 2. The van der Waals surface area contributed by atoms with E-state index in [2.05, 4.69) is 42.4 Å². The Hall–Kier alpha value is -8.44. The lowest BCUT2D eigenvalue weighted by Crippen LogP contribution is -2.26. The molecular weight excluding hydrogens is 829 g/mol. The zero-order valence-electron chi connectivity index (χ0n) is 36.2. The average Bonchev–Trinajstić information content (AvgIpc) is 4.11. The maximum absolute atomic E-state index is 13.0. The summed E-state index contributed by atoms with van der Waals surface area (Å²) in [6, 6.07) is 41.2. The van der Waals surface area contributed by atoms with Crippen LogP contribution in [0.15, 0.2) is 146 Å². The van der Waals surface area contributed by atoms with Gasteiger partial charge in [-0.25, -0.2) is 14.2 Å². The first kappa shape index (κ1) is 46.1. The summed E-state index contributed by atoms with van der Waals surface area (Å²) in [6.45, 7) is 1.18. The molecule has 8 aromatic rings. The number of rotatable bonds is 15. The van der Waals surface area contributed by atoms with Crippen molar-refractivity contribution in [2.45, 2.75) is 12.8 Å². The number of nitrogens with zero attached hydrogens (tertiary/aromatic N) is 8. The first-order valence-corrected chi connectivity index (χ1v) is 20.2. The molecule has 65 heavy (non-hydrogen) atoms. The number of amides is 1. The van der Waals surface area contributed by atoms with E-state index in [0.717, 1.165) is 40.2 Å². The lowest BCUT2D eigenvalue weighted by atomic mass is 10.0. The number of benzene rings is 6. The number of nitrogens with one attached hydrogen (secondary N) is 1. The van der Waals surface area contributed by atoms with E-state index < -0.39 is 5.97 Å². The molecule has 0 aliphatic heterocycles. The van der Waals surface area contributed by atoms with Crippen molar-refractivity contribution in [1.29, 1.82) is 0 Å². The minimum Gasteiger partial charge on any atom is -0.497 e. The SMILES string of the molecule is COc1cccc(CCN)c1.COc1cccc(CCNC(=O)c2cc(-c3ccccc3OC)cc(-n3cnnn3)c2)c1.COc1ccccc1-c1cc(C(=O)O)cc(-n2cnnn2)c1. The second kappa shape index (κ2) is 23.1. The molecule has 2 aromatic heterocycles. The lowest BCUT2D eigenvalue weighted by molar-refractivity contribution is 0.0696. The molecule has 6 aromatic carbocycles. The van der Waals surface area contributed by atoms with Crippen molar-refractivity contribution in [2.24, 2.45) is 5.73 Å². The standard InChI is InChI=1S/C24H23N5O3.C15H12N4O3.C9H13NO/c1-31-21-7-5-6-17(12-21)10-11-25-24(30)19-13-18(22-8-3-4-9-23(22)32-2)14-20(15-19)29-16-26-27-28-29;1-22-14-5-3-2-4-13(14)10-6-11(15(20)21)8-12(7-10)19-9-16-17-18-19;1-11-9-4-2-3-8(7-9)5-6-10/h3-9,12-16H,10-11H2,1-2H3,(H,25,30);2-9H,1H3,(H,20,21);2-4,7H,5-6,10H2,1H3. The number of tetrazole rings is 2. The van der Waals surface area contributed by atoms with Crippen molar-refractivity contribution in [1.82, 2.24) is 45.7 Å². The van der Waals surface area contributed by atoms with Crippen LogP contribution in [-0.2, 0) is 12.8 Å². The predicted octanol–water partition coefficient (Wildman–Crippen LogP) is 6.55. The largest absolute Gasteiger partial charge is 0.497 e. The third kappa shape index (κ3) is 12.6. The molecule has 0 unspecified atom stereocenters. The summed E-state index contributed by atoms with van der Waals surface area (Å²) in [4.78, 5) is 24.4. The number of para-hydroxylation sites is 2. The van der Waals surface area contributed by atoms with Crippen molar-refractivity contribution in [2.75, 3.05) is 41.5 Å². The van der Waals surface area contributed by atoms with Gasteiger partial charge in [-0.15, -0.1) is 10.2 Å². The molecule has 0 saturated heterocycles. The van der Waals surface area contributed by atoms with Gasteiger partial charge in [0.1, 0.15) is 35.7 Å². The Labute approximate surface area is 375 Å². The van der Waals surface area contributed by atoms with E-state index in [-0.39, 0.29) is 11.5 Å². The number of nitrogens with two attached hydrogens (primary N) is 1. The van der Waals surface area contributed by atoms with Crippen molar-refractivity contribution in [3.63, 3.8) is 0 Å². The van der Waals surface area contributed by atoms with Gasteiger partial charge >= 0.3 is 5.97 Å². The van der Waals surface area contributed by atoms with E-state index in [9.17, 15) is 14.7 Å². The van der Waals surface area contributed by atoms with Crippen LogP contribution in [-0.4, -0.2) is 98.9 Å². The molecular formula is C48H48N10O7. The van der Waals surface area contributed by atoms with Crippen LogP contribution in [0.2, 0.25) is 0 Å². The van der Waals surface area contributed by atoms with Gasteiger partial charge in [-0.1, -0.05) is 60.7 Å². The number of aromatic nitrogens is 8. The molecule has 332 valence electrons. The quantitative estimate of drug-likeness (QED) is 0.0996. The molecule has 0 fully saturated rings. The average molecular weight is 877 g/mol. The highest BCUT2D eigenvalue weighted by atomic mass is 16.5. The summed E-state index contributed by atoms with van der Waals surface area (Å²) in [5, 5.41) is 34.6. The minimum atomic E-state index is -1.02. The molecule has 17 nitrogen and oxygen atoms in total. The van der Waals surface area contributed by atoms with Crippen molar-refractivity contribution < 1.29 is 33.6 Å². The molecule has 0 aliphatic carbocycles. The van der Waals surface area contributed by atoms with Crippen LogP contribution >= 0.6 is 0 Å². The molecule has 8 rings (SSSR count). The minimum absolute atomic E-state index is 0.147. The summed E-state index contributed by atoms with van der Waals surface area (Å²) in [5.41, 5.74) is 12.8. The van der Waals surface area contributed by atoms with Crippen LogP contribution in [0.25, 0.3) is 33.6 Å². The van der Waals surface area contributed by atoms with Crippen LogP contribution in [0.4, 0.5) is 0 Å². The Morgan fingerprint density at radius 3 is 1.54 bits per heavy atom. The van der Waals surface area contributed by atoms with Crippen LogP contribution in [0, 0.1) is 0 Å². The van der Waals surface area contributed by atoms with E-state index in [0.29, 0.717) is 53.5 Å². The molecule has 1 amide bonds. The Bertz CT molecular complexity index is 2780. The fourth-order valence-corrected chi connectivity index (χ4v) is 6.62. The molecule has 4 N–H and O–H groups in total. The number of ether oxygens (including phenoxy) is 4. The summed E-state index contributed by atoms with van der Waals surface area (Å²) in [5.74, 6) is 1.86. The van der Waals surface area contributed by atoms with Gasteiger partial charge < -0.3 is 35.1 Å². The normalized spacial score (nSPS) is 10.4. The third-order valence-corrected chi connectivity index (χ3v) is 9.81. The molecule has 0 bridgehead atoms. The first-order valence-electron chi connectivity index (χ1n) is 20.2. The van der Waals surface area contributed by atoms with Gasteiger partial charge in [0.15, 0.2) is 0 Å². The van der Waals surface area contributed by atoms with Gasteiger partial charge in [0, 0.05) is 23.2 Å². The number of carbonyl (C=O) groups excluding carboxylic acids is 1. The maximum Gasteiger partial charge on any atom is 0.335 e. The first-order chi connectivity index (χ1) is 31.7. The van der Waals surface area contributed by atoms with Crippen molar-refractivity contribution in [3.05, 3.63) is 168 Å². The summed E-state index contributed by atoms with van der Waals surface area (Å²) < 4.78 is 24.1.